The Hall–Kier alpha value is -0.175. The van der Waals surface area contributed by atoms with Gasteiger partial charge in [0.1, 0.15) is 0 Å². The molecule has 0 unspecified atom stereocenters. The average molecular weight is 450 g/mol. The highest BCUT2D eigenvalue weighted by Crippen LogP contribution is 2.04. The minimum atomic E-state index is -2.17. The van der Waals surface area contributed by atoms with Crippen molar-refractivity contribution in [2.24, 2.45) is 17.2 Å². The summed E-state index contributed by atoms with van der Waals surface area (Å²) in [5, 5.41) is 21.5. The normalized spacial score (nSPS) is 9.58. The third-order valence-electron chi connectivity index (χ3n) is 4.67. The van der Waals surface area contributed by atoms with Gasteiger partial charge in [0.2, 0.25) is 0 Å². The molecule has 0 rings (SSSR count). The van der Waals surface area contributed by atoms with Gasteiger partial charge in [0, 0.05) is 0 Å². The molecular formula is C24H60BN3O3. The van der Waals surface area contributed by atoms with Crippen molar-refractivity contribution in [3.05, 3.63) is 0 Å². The maximum atomic E-state index is 7.17. The van der Waals surface area contributed by atoms with E-state index in [9.17, 15) is 0 Å². The predicted octanol–water partition coefficient (Wildman–Crippen LogP) is 4.87. The first-order valence-electron chi connectivity index (χ1n) is 13.1. The second-order valence-corrected chi connectivity index (χ2v) is 8.02. The lowest BCUT2D eigenvalue weighted by Crippen LogP contribution is -2.07. The van der Waals surface area contributed by atoms with E-state index in [1.165, 1.54) is 116 Å². The van der Waals surface area contributed by atoms with Gasteiger partial charge in [-0.05, 0) is 38.9 Å². The highest BCUT2D eigenvalue weighted by molar-refractivity contribution is 6.30. The van der Waals surface area contributed by atoms with E-state index in [0.29, 0.717) is 0 Å². The molecule has 0 amide bonds. The summed E-state index contributed by atoms with van der Waals surface area (Å²) in [6.45, 7) is 9.32. The van der Waals surface area contributed by atoms with Crippen LogP contribution in [0.25, 0.3) is 0 Å². The fraction of sp³-hybridized carbons (Fsp3) is 1.00. The van der Waals surface area contributed by atoms with Crippen LogP contribution in [-0.4, -0.2) is 42.0 Å². The molecule has 9 N–H and O–H groups in total. The van der Waals surface area contributed by atoms with Gasteiger partial charge in [-0.25, -0.2) is 0 Å². The summed E-state index contributed by atoms with van der Waals surface area (Å²) in [6.07, 6.45) is 24.2. The zero-order chi connectivity index (χ0) is 24.4. The Morgan fingerprint density at radius 3 is 0.710 bits per heavy atom. The van der Waals surface area contributed by atoms with Crippen LogP contribution in [0.1, 0.15) is 136 Å². The van der Waals surface area contributed by atoms with E-state index in [1.807, 2.05) is 0 Å². The van der Waals surface area contributed by atoms with Crippen LogP contribution >= 0.6 is 0 Å². The zero-order valence-electron chi connectivity index (χ0n) is 21.5. The Balaban J connectivity index is -0.000000162. The molecule has 0 aromatic rings. The molecule has 0 heterocycles. The van der Waals surface area contributed by atoms with Gasteiger partial charge in [-0.1, -0.05) is 117 Å². The van der Waals surface area contributed by atoms with Crippen LogP contribution in [0.2, 0.25) is 0 Å². The summed E-state index contributed by atoms with van der Waals surface area (Å²) in [4.78, 5) is 0. The van der Waals surface area contributed by atoms with E-state index in [2.05, 4.69) is 20.8 Å². The van der Waals surface area contributed by atoms with Gasteiger partial charge in [0.25, 0.3) is 0 Å². The van der Waals surface area contributed by atoms with Gasteiger partial charge in [-0.3, -0.25) is 0 Å². The summed E-state index contributed by atoms with van der Waals surface area (Å²) in [5.41, 5.74) is 16.0. The van der Waals surface area contributed by atoms with Gasteiger partial charge >= 0.3 is 7.32 Å². The van der Waals surface area contributed by atoms with Crippen LogP contribution in [0, 0.1) is 0 Å². The molecular weight excluding hydrogens is 389 g/mol. The number of nitrogens with two attached hydrogens (primary N) is 3. The number of hydrogen-bond donors (Lipinski definition) is 6. The van der Waals surface area contributed by atoms with Gasteiger partial charge in [0.05, 0.1) is 0 Å². The quantitative estimate of drug-likeness (QED) is 0.130. The predicted molar refractivity (Wildman–Crippen MR) is 140 cm³/mol. The van der Waals surface area contributed by atoms with Crippen molar-refractivity contribution in [3.63, 3.8) is 0 Å². The zero-order valence-corrected chi connectivity index (χ0v) is 21.5. The molecule has 0 fully saturated rings. The molecule has 7 heteroatoms. The highest BCUT2D eigenvalue weighted by atomic mass is 16.5. The van der Waals surface area contributed by atoms with Crippen molar-refractivity contribution in [2.75, 3.05) is 19.6 Å². The fourth-order valence-electron chi connectivity index (χ4n) is 2.77. The minimum Gasteiger partial charge on any atom is -0.402 e. The first-order chi connectivity index (χ1) is 15.0. The molecule has 0 aromatic heterocycles. The van der Waals surface area contributed by atoms with Gasteiger partial charge in [-0.15, -0.1) is 0 Å². The van der Waals surface area contributed by atoms with Crippen LogP contribution in [-0.2, 0) is 0 Å². The molecule has 6 nitrogen and oxygen atoms in total. The molecule has 192 valence electrons. The lowest BCUT2D eigenvalue weighted by molar-refractivity contribution is 0.278. The standard InChI is InChI=1S/3C8H19N.BH3O3/c3*1-2-3-4-5-6-7-8-9;2-1(3)4/h3*2-9H2,1H3;2-4H. The largest absolute Gasteiger partial charge is 0.631 e. The minimum absolute atomic E-state index is 0.867. The van der Waals surface area contributed by atoms with Crippen LogP contribution < -0.4 is 17.2 Å². The third kappa shape index (κ3) is 72.7. The molecule has 0 spiro atoms. The van der Waals surface area contributed by atoms with Crippen molar-refractivity contribution >= 4 is 7.32 Å². The molecule has 0 atom stereocenters. The average Bonchev–Trinajstić information content (AvgIpc) is 2.74. The lowest BCUT2D eigenvalue weighted by atomic mass is 10.1. The van der Waals surface area contributed by atoms with Crippen molar-refractivity contribution in [1.82, 2.24) is 0 Å². The Kier molecular flexibility index (Phi) is 53.7. The van der Waals surface area contributed by atoms with E-state index in [0.717, 1.165) is 19.6 Å². The first kappa shape index (κ1) is 38.1. The van der Waals surface area contributed by atoms with Crippen molar-refractivity contribution in [3.8, 4) is 0 Å². The van der Waals surface area contributed by atoms with E-state index in [1.54, 1.807) is 0 Å². The summed E-state index contributed by atoms with van der Waals surface area (Å²) in [5.74, 6) is 0. The van der Waals surface area contributed by atoms with Crippen molar-refractivity contribution in [1.29, 1.82) is 0 Å². The summed E-state index contributed by atoms with van der Waals surface area (Å²) < 4.78 is 0. The Morgan fingerprint density at radius 2 is 0.548 bits per heavy atom. The van der Waals surface area contributed by atoms with Crippen LogP contribution in [0.4, 0.5) is 0 Å². The molecule has 0 radical (unpaired) electrons. The van der Waals surface area contributed by atoms with Gasteiger partial charge in [-0.2, -0.15) is 0 Å². The molecule has 0 aromatic carbocycles. The topological polar surface area (TPSA) is 139 Å². The van der Waals surface area contributed by atoms with E-state index in [4.69, 9.17) is 32.3 Å². The number of hydrogen-bond acceptors (Lipinski definition) is 6. The second kappa shape index (κ2) is 43.7. The molecule has 0 saturated heterocycles. The van der Waals surface area contributed by atoms with Crippen LogP contribution in [0.15, 0.2) is 0 Å². The molecule has 0 aliphatic rings. The molecule has 0 bridgehead atoms. The number of rotatable bonds is 18. The maximum Gasteiger partial charge on any atom is 0.631 e. The second-order valence-electron chi connectivity index (χ2n) is 8.02. The summed E-state index contributed by atoms with van der Waals surface area (Å²) >= 11 is 0. The monoisotopic (exact) mass is 449 g/mol. The van der Waals surface area contributed by atoms with E-state index in [-0.39, 0.29) is 0 Å². The van der Waals surface area contributed by atoms with Crippen molar-refractivity contribution < 1.29 is 15.1 Å². The smallest absolute Gasteiger partial charge is 0.402 e. The van der Waals surface area contributed by atoms with E-state index >= 15 is 0 Å². The molecule has 0 saturated carbocycles. The fourth-order valence-corrected chi connectivity index (χ4v) is 2.77. The van der Waals surface area contributed by atoms with Crippen LogP contribution in [0.3, 0.4) is 0 Å². The summed E-state index contributed by atoms with van der Waals surface area (Å²) in [7, 11) is -2.17. The van der Waals surface area contributed by atoms with E-state index < -0.39 is 7.32 Å². The first-order valence-corrected chi connectivity index (χ1v) is 13.1. The number of unbranched alkanes of at least 4 members (excludes halogenated alkanes) is 15. The SMILES string of the molecule is CCCCCCCCN.CCCCCCCCN.CCCCCCCCN.OB(O)O. The third-order valence-corrected chi connectivity index (χ3v) is 4.67. The van der Waals surface area contributed by atoms with Crippen LogP contribution in [0.5, 0.6) is 0 Å². The van der Waals surface area contributed by atoms with Crippen molar-refractivity contribution in [2.45, 2.75) is 136 Å². The Bertz CT molecular complexity index is 198. The summed E-state index contributed by atoms with van der Waals surface area (Å²) in [6, 6.07) is 0. The Morgan fingerprint density at radius 1 is 0.387 bits per heavy atom. The van der Waals surface area contributed by atoms with Gasteiger partial charge in [0.15, 0.2) is 0 Å². The molecule has 0 aliphatic carbocycles. The lowest BCUT2D eigenvalue weighted by Gasteiger charge is -1.96. The molecule has 0 aliphatic heterocycles. The highest BCUT2D eigenvalue weighted by Gasteiger charge is 1.92. The maximum absolute atomic E-state index is 7.17. The molecule has 31 heavy (non-hydrogen) atoms. The Labute approximate surface area is 195 Å². The van der Waals surface area contributed by atoms with Gasteiger partial charge < -0.3 is 32.3 Å².